The molecule has 8 heteroatoms. The summed E-state index contributed by atoms with van der Waals surface area (Å²) in [6.07, 6.45) is 2.04. The zero-order chi connectivity index (χ0) is 20.7. The van der Waals surface area contributed by atoms with E-state index in [2.05, 4.69) is 42.7 Å². The van der Waals surface area contributed by atoms with Gasteiger partial charge in [-0.3, -0.25) is 0 Å². The third kappa shape index (κ3) is 3.37. The highest BCUT2D eigenvalue weighted by Crippen LogP contribution is 2.26. The highest BCUT2D eigenvalue weighted by Gasteiger charge is 2.24. The van der Waals surface area contributed by atoms with Crippen LogP contribution in [0.1, 0.15) is 0 Å². The number of halogens is 2. The van der Waals surface area contributed by atoms with Crippen LogP contribution in [-0.2, 0) is 0 Å². The molecule has 0 aliphatic carbocycles. The van der Waals surface area contributed by atoms with Crippen molar-refractivity contribution in [1.82, 2.24) is 14.3 Å². The van der Waals surface area contributed by atoms with Crippen LogP contribution in [0.4, 0.5) is 20.7 Å². The Morgan fingerprint density at radius 2 is 1.77 bits per heavy atom. The number of carbonyl (C=O) groups excluding carboxylic acids is 1. The van der Waals surface area contributed by atoms with Crippen molar-refractivity contribution in [2.75, 3.05) is 36.4 Å². The molecule has 1 aliphatic rings. The number of nitrogens with one attached hydrogen (secondary N) is 1. The standard InChI is InChI=1S/C22H19BrFN5O/c23-15-7-8-17(16(24)14-15)26-22(30)28-12-10-27(11-13-28)21-20-6-3-9-29(20)19-5-2-1-4-18(19)25-21/h1-9,14H,10-13H2,(H,26,30). The summed E-state index contributed by atoms with van der Waals surface area (Å²) < 4.78 is 16.8. The first-order valence-corrected chi connectivity index (χ1v) is 10.5. The van der Waals surface area contributed by atoms with E-state index in [0.717, 1.165) is 22.4 Å². The van der Waals surface area contributed by atoms with Gasteiger partial charge in [0.2, 0.25) is 0 Å². The molecule has 1 aliphatic heterocycles. The molecule has 0 saturated carbocycles. The molecule has 152 valence electrons. The minimum atomic E-state index is -0.465. The van der Waals surface area contributed by atoms with Crippen molar-refractivity contribution in [3.63, 3.8) is 0 Å². The molecule has 1 saturated heterocycles. The van der Waals surface area contributed by atoms with Gasteiger partial charge in [-0.05, 0) is 42.5 Å². The van der Waals surface area contributed by atoms with Gasteiger partial charge < -0.3 is 19.5 Å². The average Bonchev–Trinajstić information content (AvgIpc) is 3.25. The number of fused-ring (bicyclic) bond motifs is 3. The fourth-order valence-electron chi connectivity index (χ4n) is 3.85. The first-order chi connectivity index (χ1) is 14.6. The zero-order valence-electron chi connectivity index (χ0n) is 16.1. The molecule has 0 unspecified atom stereocenters. The largest absolute Gasteiger partial charge is 0.351 e. The fourth-order valence-corrected chi connectivity index (χ4v) is 4.18. The zero-order valence-corrected chi connectivity index (χ0v) is 17.6. The number of benzene rings is 2. The summed E-state index contributed by atoms with van der Waals surface area (Å²) in [6, 6.07) is 16.4. The molecule has 1 fully saturated rings. The van der Waals surface area contributed by atoms with Crippen LogP contribution in [0.5, 0.6) is 0 Å². The minimum Gasteiger partial charge on any atom is -0.351 e. The van der Waals surface area contributed by atoms with Gasteiger partial charge in [-0.1, -0.05) is 28.1 Å². The van der Waals surface area contributed by atoms with E-state index in [9.17, 15) is 9.18 Å². The Kier molecular flexibility index (Phi) is 4.78. The van der Waals surface area contributed by atoms with Crippen molar-refractivity contribution in [3.8, 4) is 0 Å². The van der Waals surface area contributed by atoms with E-state index in [1.54, 1.807) is 17.0 Å². The molecule has 30 heavy (non-hydrogen) atoms. The molecule has 3 heterocycles. The number of piperazine rings is 1. The van der Waals surface area contributed by atoms with Gasteiger partial charge in [0.1, 0.15) is 5.82 Å². The van der Waals surface area contributed by atoms with E-state index in [-0.39, 0.29) is 11.7 Å². The van der Waals surface area contributed by atoms with Gasteiger partial charge in [-0.15, -0.1) is 0 Å². The molecular weight excluding hydrogens is 449 g/mol. The second-order valence-corrected chi connectivity index (χ2v) is 8.13. The number of aromatic nitrogens is 2. The quantitative estimate of drug-likeness (QED) is 0.463. The lowest BCUT2D eigenvalue weighted by molar-refractivity contribution is 0.208. The third-order valence-electron chi connectivity index (χ3n) is 5.38. The molecule has 0 radical (unpaired) electrons. The van der Waals surface area contributed by atoms with Gasteiger partial charge in [0.15, 0.2) is 5.82 Å². The van der Waals surface area contributed by atoms with Gasteiger partial charge in [0.05, 0.1) is 22.2 Å². The first kappa shape index (κ1) is 18.9. The number of hydrogen-bond donors (Lipinski definition) is 1. The van der Waals surface area contributed by atoms with Crippen molar-refractivity contribution in [2.24, 2.45) is 0 Å². The lowest BCUT2D eigenvalue weighted by atomic mass is 10.2. The van der Waals surface area contributed by atoms with Crippen LogP contribution >= 0.6 is 15.9 Å². The Morgan fingerprint density at radius 3 is 2.57 bits per heavy atom. The maximum Gasteiger partial charge on any atom is 0.322 e. The average molecular weight is 468 g/mol. The van der Waals surface area contributed by atoms with Gasteiger partial charge >= 0.3 is 6.03 Å². The second kappa shape index (κ2) is 7.60. The summed E-state index contributed by atoms with van der Waals surface area (Å²) in [5.41, 5.74) is 3.22. The normalized spacial score (nSPS) is 14.5. The summed E-state index contributed by atoms with van der Waals surface area (Å²) in [6.45, 7) is 2.38. The van der Waals surface area contributed by atoms with Crippen molar-refractivity contribution in [2.45, 2.75) is 0 Å². The highest BCUT2D eigenvalue weighted by atomic mass is 79.9. The highest BCUT2D eigenvalue weighted by molar-refractivity contribution is 9.10. The Balaban J connectivity index is 1.33. The van der Waals surface area contributed by atoms with Crippen LogP contribution in [0, 0.1) is 5.82 Å². The first-order valence-electron chi connectivity index (χ1n) is 9.72. The lowest BCUT2D eigenvalue weighted by Crippen LogP contribution is -2.50. The predicted octanol–water partition coefficient (Wildman–Crippen LogP) is 4.74. The van der Waals surface area contributed by atoms with E-state index < -0.39 is 5.82 Å². The van der Waals surface area contributed by atoms with Gasteiger partial charge in [0, 0.05) is 36.8 Å². The second-order valence-electron chi connectivity index (χ2n) is 7.22. The summed E-state index contributed by atoms with van der Waals surface area (Å²) in [7, 11) is 0. The number of anilines is 2. The van der Waals surface area contributed by atoms with E-state index in [4.69, 9.17) is 4.98 Å². The number of hydrogen-bond acceptors (Lipinski definition) is 3. The number of rotatable bonds is 2. The van der Waals surface area contributed by atoms with Crippen molar-refractivity contribution >= 4 is 50.0 Å². The lowest BCUT2D eigenvalue weighted by Gasteiger charge is -2.35. The monoisotopic (exact) mass is 467 g/mol. The molecule has 0 bridgehead atoms. The summed E-state index contributed by atoms with van der Waals surface area (Å²) in [5, 5.41) is 2.66. The molecule has 0 spiro atoms. The molecule has 6 nitrogen and oxygen atoms in total. The SMILES string of the molecule is O=C(Nc1ccc(Br)cc1F)N1CCN(c2nc3ccccc3n3cccc23)CC1. The van der Waals surface area contributed by atoms with Crippen LogP contribution in [0.15, 0.2) is 65.3 Å². The summed E-state index contributed by atoms with van der Waals surface area (Å²) in [5.74, 6) is 0.449. The molecule has 2 amide bonds. The molecule has 4 aromatic rings. The molecule has 1 N–H and O–H groups in total. The number of amides is 2. The van der Waals surface area contributed by atoms with Crippen LogP contribution < -0.4 is 10.2 Å². The predicted molar refractivity (Wildman–Crippen MR) is 120 cm³/mol. The number of urea groups is 1. The van der Waals surface area contributed by atoms with E-state index >= 15 is 0 Å². The third-order valence-corrected chi connectivity index (χ3v) is 5.88. The van der Waals surface area contributed by atoms with Crippen LogP contribution in [0.25, 0.3) is 16.6 Å². The Hall–Kier alpha value is -3.13. The Bertz CT molecular complexity index is 1250. The van der Waals surface area contributed by atoms with Crippen molar-refractivity contribution in [3.05, 3.63) is 71.1 Å². The van der Waals surface area contributed by atoms with E-state index in [1.165, 1.54) is 6.07 Å². The smallest absolute Gasteiger partial charge is 0.322 e. The summed E-state index contributed by atoms with van der Waals surface area (Å²) in [4.78, 5) is 21.4. The van der Waals surface area contributed by atoms with E-state index in [1.807, 2.05) is 30.5 Å². The molecule has 2 aromatic carbocycles. The number of para-hydroxylation sites is 2. The molecule has 0 atom stereocenters. The minimum absolute atomic E-state index is 0.178. The van der Waals surface area contributed by atoms with Crippen LogP contribution in [0.2, 0.25) is 0 Å². The summed E-state index contributed by atoms with van der Waals surface area (Å²) >= 11 is 3.22. The number of carbonyl (C=O) groups is 1. The molecule has 5 rings (SSSR count). The topological polar surface area (TPSA) is 52.9 Å². The van der Waals surface area contributed by atoms with Gasteiger partial charge in [-0.2, -0.15) is 0 Å². The number of nitrogens with zero attached hydrogens (tertiary/aromatic N) is 4. The van der Waals surface area contributed by atoms with E-state index in [0.29, 0.717) is 30.7 Å². The Labute approximate surface area is 181 Å². The molecule has 2 aromatic heterocycles. The molecular formula is C22H19BrFN5O. The van der Waals surface area contributed by atoms with Gasteiger partial charge in [0.25, 0.3) is 0 Å². The van der Waals surface area contributed by atoms with Crippen molar-refractivity contribution < 1.29 is 9.18 Å². The van der Waals surface area contributed by atoms with Gasteiger partial charge in [-0.25, -0.2) is 14.2 Å². The maximum atomic E-state index is 14.0. The fraction of sp³-hybridized carbons (Fsp3) is 0.182. The Morgan fingerprint density at radius 1 is 1.00 bits per heavy atom. The van der Waals surface area contributed by atoms with Crippen LogP contribution in [-0.4, -0.2) is 46.5 Å². The van der Waals surface area contributed by atoms with Crippen molar-refractivity contribution in [1.29, 1.82) is 0 Å². The maximum absolute atomic E-state index is 14.0. The van der Waals surface area contributed by atoms with Crippen LogP contribution in [0.3, 0.4) is 0 Å².